The van der Waals surface area contributed by atoms with Crippen LogP contribution in [0.4, 0.5) is 0 Å². The molecule has 5 nitrogen and oxygen atoms in total. The molecule has 1 unspecified atom stereocenters. The van der Waals surface area contributed by atoms with Crippen LogP contribution in [0.25, 0.3) is 11.4 Å². The highest BCUT2D eigenvalue weighted by Crippen LogP contribution is 2.20. The largest absolute Gasteiger partial charge is 0.379 e. The van der Waals surface area contributed by atoms with E-state index in [1.54, 1.807) is 7.11 Å². The summed E-state index contributed by atoms with van der Waals surface area (Å²) in [5.41, 5.74) is 2.00. The summed E-state index contributed by atoms with van der Waals surface area (Å²) in [6, 6.07) is 8.31. The highest BCUT2D eigenvalue weighted by Gasteiger charge is 2.20. The summed E-state index contributed by atoms with van der Waals surface area (Å²) in [6.45, 7) is 8.88. The zero-order valence-electron chi connectivity index (χ0n) is 14.0. The third-order valence-corrected chi connectivity index (χ3v) is 3.81. The minimum Gasteiger partial charge on any atom is -0.379 e. The molecule has 2 aromatic rings. The SMILES string of the molecule is COC(C)(C)CC(C)NCc1nc(-c2ccccc2C)no1. The number of aromatic nitrogens is 2. The van der Waals surface area contributed by atoms with Crippen molar-refractivity contribution in [2.45, 2.75) is 52.3 Å². The van der Waals surface area contributed by atoms with Crippen LogP contribution >= 0.6 is 0 Å². The summed E-state index contributed by atoms with van der Waals surface area (Å²) in [4.78, 5) is 4.46. The molecular formula is C17H25N3O2. The molecule has 120 valence electrons. The van der Waals surface area contributed by atoms with Gasteiger partial charge < -0.3 is 14.6 Å². The quantitative estimate of drug-likeness (QED) is 0.850. The molecule has 1 atom stereocenters. The monoisotopic (exact) mass is 303 g/mol. The van der Waals surface area contributed by atoms with E-state index in [-0.39, 0.29) is 5.60 Å². The minimum absolute atomic E-state index is 0.145. The molecule has 0 saturated heterocycles. The van der Waals surface area contributed by atoms with Crippen LogP contribution in [-0.2, 0) is 11.3 Å². The van der Waals surface area contributed by atoms with E-state index in [1.165, 1.54) is 0 Å². The van der Waals surface area contributed by atoms with Crippen LogP contribution in [0, 0.1) is 6.92 Å². The van der Waals surface area contributed by atoms with Gasteiger partial charge in [-0.2, -0.15) is 4.98 Å². The fourth-order valence-electron chi connectivity index (χ4n) is 2.41. The van der Waals surface area contributed by atoms with E-state index in [4.69, 9.17) is 9.26 Å². The molecule has 0 bridgehead atoms. The molecule has 1 aromatic carbocycles. The molecule has 0 radical (unpaired) electrons. The molecule has 0 amide bonds. The molecule has 0 aliphatic heterocycles. The fraction of sp³-hybridized carbons (Fsp3) is 0.529. The van der Waals surface area contributed by atoms with E-state index < -0.39 is 0 Å². The maximum atomic E-state index is 5.44. The summed E-state index contributed by atoms with van der Waals surface area (Å²) in [6.07, 6.45) is 0.905. The van der Waals surface area contributed by atoms with Crippen LogP contribution in [0.5, 0.6) is 0 Å². The number of hydrogen-bond acceptors (Lipinski definition) is 5. The predicted molar refractivity (Wildman–Crippen MR) is 86.5 cm³/mol. The second kappa shape index (κ2) is 7.03. The standard InChI is InChI=1S/C17H25N3O2/c1-12-8-6-7-9-14(12)16-19-15(22-20-16)11-18-13(2)10-17(3,4)21-5/h6-9,13,18H,10-11H2,1-5H3. The van der Waals surface area contributed by atoms with Crippen LogP contribution < -0.4 is 5.32 Å². The van der Waals surface area contributed by atoms with Gasteiger partial charge in [-0.3, -0.25) is 0 Å². The van der Waals surface area contributed by atoms with Crippen molar-refractivity contribution in [2.75, 3.05) is 7.11 Å². The molecule has 0 saturated carbocycles. The van der Waals surface area contributed by atoms with Gasteiger partial charge in [0.1, 0.15) is 0 Å². The van der Waals surface area contributed by atoms with E-state index in [0.29, 0.717) is 24.3 Å². The van der Waals surface area contributed by atoms with Gasteiger partial charge in [-0.15, -0.1) is 0 Å². The van der Waals surface area contributed by atoms with Gasteiger partial charge in [-0.1, -0.05) is 29.4 Å². The van der Waals surface area contributed by atoms with Crippen molar-refractivity contribution >= 4 is 0 Å². The van der Waals surface area contributed by atoms with E-state index in [9.17, 15) is 0 Å². The summed E-state index contributed by atoms with van der Waals surface area (Å²) in [5.74, 6) is 1.24. The van der Waals surface area contributed by atoms with Gasteiger partial charge in [0.25, 0.3) is 0 Å². The summed E-state index contributed by atoms with van der Waals surface area (Å²) < 4.78 is 10.8. The zero-order chi connectivity index (χ0) is 16.2. The lowest BCUT2D eigenvalue weighted by Crippen LogP contribution is -2.35. The van der Waals surface area contributed by atoms with Crippen molar-refractivity contribution in [1.29, 1.82) is 0 Å². The Morgan fingerprint density at radius 2 is 2.05 bits per heavy atom. The van der Waals surface area contributed by atoms with E-state index in [1.807, 2.05) is 31.2 Å². The molecule has 0 aliphatic carbocycles. The van der Waals surface area contributed by atoms with Crippen molar-refractivity contribution in [2.24, 2.45) is 0 Å². The van der Waals surface area contributed by atoms with Gasteiger partial charge in [0.15, 0.2) is 0 Å². The smallest absolute Gasteiger partial charge is 0.240 e. The lowest BCUT2D eigenvalue weighted by Gasteiger charge is -2.26. The van der Waals surface area contributed by atoms with E-state index in [0.717, 1.165) is 17.5 Å². The maximum absolute atomic E-state index is 5.44. The molecule has 22 heavy (non-hydrogen) atoms. The van der Waals surface area contributed by atoms with Crippen molar-refractivity contribution in [3.05, 3.63) is 35.7 Å². The Morgan fingerprint density at radius 3 is 2.73 bits per heavy atom. The highest BCUT2D eigenvalue weighted by atomic mass is 16.5. The Labute approximate surface area is 132 Å². The van der Waals surface area contributed by atoms with Gasteiger partial charge in [0.2, 0.25) is 11.7 Å². The lowest BCUT2D eigenvalue weighted by molar-refractivity contribution is 0.00825. The minimum atomic E-state index is -0.145. The van der Waals surface area contributed by atoms with Crippen molar-refractivity contribution < 1.29 is 9.26 Å². The number of aryl methyl sites for hydroxylation is 1. The molecule has 5 heteroatoms. The van der Waals surface area contributed by atoms with Crippen molar-refractivity contribution in [3.8, 4) is 11.4 Å². The van der Waals surface area contributed by atoms with Gasteiger partial charge in [-0.25, -0.2) is 0 Å². The van der Waals surface area contributed by atoms with Crippen LogP contribution in [-0.4, -0.2) is 28.9 Å². The van der Waals surface area contributed by atoms with Crippen LogP contribution in [0.1, 0.15) is 38.6 Å². The van der Waals surface area contributed by atoms with Gasteiger partial charge in [-0.05, 0) is 39.7 Å². The number of hydrogen-bond donors (Lipinski definition) is 1. The lowest BCUT2D eigenvalue weighted by atomic mass is 10.00. The first-order valence-electron chi connectivity index (χ1n) is 7.58. The second-order valence-electron chi connectivity index (χ2n) is 6.28. The first-order chi connectivity index (χ1) is 10.4. The summed E-state index contributed by atoms with van der Waals surface area (Å²) in [5, 5.41) is 7.46. The number of benzene rings is 1. The molecule has 1 heterocycles. The molecule has 0 spiro atoms. The third kappa shape index (κ3) is 4.39. The summed E-state index contributed by atoms with van der Waals surface area (Å²) in [7, 11) is 1.74. The Morgan fingerprint density at radius 1 is 1.32 bits per heavy atom. The third-order valence-electron chi connectivity index (χ3n) is 3.81. The van der Waals surface area contributed by atoms with Gasteiger partial charge in [0, 0.05) is 18.7 Å². The molecule has 2 rings (SSSR count). The molecule has 0 fully saturated rings. The number of ether oxygens (including phenoxy) is 1. The Hall–Kier alpha value is -1.72. The van der Waals surface area contributed by atoms with Gasteiger partial charge in [0.05, 0.1) is 12.1 Å². The van der Waals surface area contributed by atoms with Crippen LogP contribution in [0.15, 0.2) is 28.8 Å². The first-order valence-corrected chi connectivity index (χ1v) is 7.58. The average Bonchev–Trinajstić information content (AvgIpc) is 2.94. The van der Waals surface area contributed by atoms with Crippen molar-refractivity contribution in [1.82, 2.24) is 15.5 Å². The predicted octanol–water partition coefficient (Wildman–Crippen LogP) is 3.34. The van der Waals surface area contributed by atoms with E-state index >= 15 is 0 Å². The molecule has 0 aliphatic rings. The molecule has 1 N–H and O–H groups in total. The number of rotatable bonds is 7. The second-order valence-corrected chi connectivity index (χ2v) is 6.28. The maximum Gasteiger partial charge on any atom is 0.240 e. The zero-order valence-corrected chi connectivity index (χ0v) is 14.0. The van der Waals surface area contributed by atoms with Crippen molar-refractivity contribution in [3.63, 3.8) is 0 Å². The van der Waals surface area contributed by atoms with E-state index in [2.05, 4.69) is 36.2 Å². The fourth-order valence-corrected chi connectivity index (χ4v) is 2.41. The van der Waals surface area contributed by atoms with Crippen LogP contribution in [0.2, 0.25) is 0 Å². The Kier molecular flexibility index (Phi) is 5.32. The number of nitrogens with one attached hydrogen (secondary N) is 1. The number of methoxy groups -OCH3 is 1. The molecular weight excluding hydrogens is 278 g/mol. The average molecular weight is 303 g/mol. The summed E-state index contributed by atoms with van der Waals surface area (Å²) >= 11 is 0. The number of nitrogens with zero attached hydrogens (tertiary/aromatic N) is 2. The normalized spacial score (nSPS) is 13.3. The van der Waals surface area contributed by atoms with Gasteiger partial charge >= 0.3 is 0 Å². The Balaban J connectivity index is 1.94. The first kappa shape index (κ1) is 16.6. The Bertz CT molecular complexity index is 607. The topological polar surface area (TPSA) is 60.2 Å². The molecule has 1 aromatic heterocycles. The highest BCUT2D eigenvalue weighted by molar-refractivity contribution is 5.58. The van der Waals surface area contributed by atoms with Crippen LogP contribution in [0.3, 0.4) is 0 Å².